The zero-order valence-electron chi connectivity index (χ0n) is 10.2. The molecule has 0 bridgehead atoms. The van der Waals surface area contributed by atoms with Crippen molar-refractivity contribution in [2.75, 3.05) is 13.2 Å². The highest BCUT2D eigenvalue weighted by Gasteiger charge is 2.39. The molecule has 2 rings (SSSR count). The van der Waals surface area contributed by atoms with E-state index in [2.05, 4.69) is 19.2 Å². The maximum atomic E-state index is 6.05. The van der Waals surface area contributed by atoms with Crippen LogP contribution in [0.3, 0.4) is 0 Å². The van der Waals surface area contributed by atoms with Crippen LogP contribution in [0, 0.1) is 5.92 Å². The van der Waals surface area contributed by atoms with E-state index in [-0.39, 0.29) is 5.60 Å². The normalized spacial score (nSPS) is 34.0. The summed E-state index contributed by atoms with van der Waals surface area (Å²) in [5, 5.41) is 3.64. The van der Waals surface area contributed by atoms with Crippen molar-refractivity contribution in [3.05, 3.63) is 0 Å². The Kier molecular flexibility index (Phi) is 3.68. The van der Waals surface area contributed by atoms with Gasteiger partial charge in [-0.05, 0) is 45.1 Å². The summed E-state index contributed by atoms with van der Waals surface area (Å²) in [5.74, 6) is 0.983. The Morgan fingerprint density at radius 3 is 2.73 bits per heavy atom. The number of hydrogen-bond acceptors (Lipinski definition) is 2. The van der Waals surface area contributed by atoms with Gasteiger partial charge in [0.2, 0.25) is 0 Å². The zero-order chi connectivity index (χ0) is 10.7. The van der Waals surface area contributed by atoms with E-state index in [9.17, 15) is 0 Å². The summed E-state index contributed by atoms with van der Waals surface area (Å²) in [4.78, 5) is 0. The van der Waals surface area contributed by atoms with Gasteiger partial charge in [-0.1, -0.05) is 19.8 Å². The molecular formula is C13H25NO. The third-order valence-corrected chi connectivity index (χ3v) is 3.95. The van der Waals surface area contributed by atoms with Crippen molar-refractivity contribution in [1.29, 1.82) is 0 Å². The summed E-state index contributed by atoms with van der Waals surface area (Å²) < 4.78 is 6.05. The maximum Gasteiger partial charge on any atom is 0.0806 e. The van der Waals surface area contributed by atoms with E-state index in [1.54, 1.807) is 0 Å². The van der Waals surface area contributed by atoms with Gasteiger partial charge in [0.25, 0.3) is 0 Å². The van der Waals surface area contributed by atoms with Crippen LogP contribution >= 0.6 is 0 Å². The van der Waals surface area contributed by atoms with E-state index in [1.807, 2.05) is 0 Å². The molecule has 0 radical (unpaired) electrons. The Balaban J connectivity index is 1.93. The smallest absolute Gasteiger partial charge is 0.0806 e. The van der Waals surface area contributed by atoms with Gasteiger partial charge in [-0.2, -0.15) is 0 Å². The molecule has 0 amide bonds. The lowest BCUT2D eigenvalue weighted by molar-refractivity contribution is -0.0907. The Bertz CT molecular complexity index is 195. The molecule has 0 aromatic carbocycles. The van der Waals surface area contributed by atoms with Gasteiger partial charge in [0, 0.05) is 12.6 Å². The van der Waals surface area contributed by atoms with E-state index >= 15 is 0 Å². The van der Waals surface area contributed by atoms with Gasteiger partial charge < -0.3 is 10.1 Å². The molecule has 2 aliphatic rings. The summed E-state index contributed by atoms with van der Waals surface area (Å²) in [6, 6.07) is 0.579. The van der Waals surface area contributed by atoms with Crippen molar-refractivity contribution in [3.8, 4) is 0 Å². The summed E-state index contributed by atoms with van der Waals surface area (Å²) in [6.45, 7) is 6.54. The first-order valence-electron chi connectivity index (χ1n) is 6.62. The first-order valence-corrected chi connectivity index (χ1v) is 6.62. The second kappa shape index (κ2) is 4.84. The number of ether oxygens (including phenoxy) is 1. The topological polar surface area (TPSA) is 21.3 Å². The predicted molar refractivity (Wildman–Crippen MR) is 63.0 cm³/mol. The third kappa shape index (κ3) is 2.94. The second-order valence-electron chi connectivity index (χ2n) is 5.41. The van der Waals surface area contributed by atoms with E-state index in [1.165, 1.54) is 38.5 Å². The molecule has 1 heterocycles. The highest BCUT2D eigenvalue weighted by atomic mass is 16.5. The lowest BCUT2D eigenvalue weighted by Gasteiger charge is -2.41. The van der Waals surface area contributed by atoms with Crippen molar-refractivity contribution in [1.82, 2.24) is 5.32 Å². The summed E-state index contributed by atoms with van der Waals surface area (Å²) in [6.07, 6.45) is 8.03. The van der Waals surface area contributed by atoms with E-state index in [0.29, 0.717) is 6.04 Å². The quantitative estimate of drug-likeness (QED) is 0.755. The van der Waals surface area contributed by atoms with Gasteiger partial charge in [-0.15, -0.1) is 0 Å². The second-order valence-corrected chi connectivity index (χ2v) is 5.41. The SMILES string of the molecule is CCNC(CC1CC1)C1(C)CCCCO1. The Morgan fingerprint density at radius 2 is 2.20 bits per heavy atom. The van der Waals surface area contributed by atoms with E-state index < -0.39 is 0 Å². The monoisotopic (exact) mass is 211 g/mol. The van der Waals surface area contributed by atoms with Crippen LogP contribution in [-0.4, -0.2) is 24.8 Å². The molecule has 1 aliphatic heterocycles. The van der Waals surface area contributed by atoms with E-state index in [4.69, 9.17) is 4.74 Å². The molecule has 0 aromatic heterocycles. The molecule has 2 atom stereocenters. The van der Waals surface area contributed by atoms with Crippen LogP contribution < -0.4 is 5.32 Å². The average molecular weight is 211 g/mol. The standard InChI is InChI=1S/C13H25NO/c1-3-14-12(10-11-6-7-11)13(2)8-4-5-9-15-13/h11-12,14H,3-10H2,1-2H3. The van der Waals surface area contributed by atoms with Gasteiger partial charge >= 0.3 is 0 Å². The van der Waals surface area contributed by atoms with Crippen molar-refractivity contribution in [2.45, 2.75) is 64.0 Å². The molecule has 15 heavy (non-hydrogen) atoms. The van der Waals surface area contributed by atoms with Crippen LogP contribution in [0.2, 0.25) is 0 Å². The molecule has 0 spiro atoms. The molecular weight excluding hydrogens is 186 g/mol. The zero-order valence-corrected chi connectivity index (χ0v) is 10.2. The van der Waals surface area contributed by atoms with Crippen LogP contribution in [0.1, 0.15) is 52.4 Å². The summed E-state index contributed by atoms with van der Waals surface area (Å²) in [7, 11) is 0. The largest absolute Gasteiger partial charge is 0.374 e. The number of likely N-dealkylation sites (N-methyl/N-ethyl adjacent to an activating group) is 1. The van der Waals surface area contributed by atoms with Crippen molar-refractivity contribution >= 4 is 0 Å². The fourth-order valence-electron chi connectivity index (χ4n) is 2.71. The molecule has 2 nitrogen and oxygen atoms in total. The number of nitrogens with one attached hydrogen (secondary N) is 1. The first kappa shape index (κ1) is 11.4. The maximum absolute atomic E-state index is 6.05. The minimum Gasteiger partial charge on any atom is -0.374 e. The molecule has 2 unspecified atom stereocenters. The minimum absolute atomic E-state index is 0.108. The molecule has 1 saturated carbocycles. The van der Waals surface area contributed by atoms with Crippen molar-refractivity contribution in [3.63, 3.8) is 0 Å². The van der Waals surface area contributed by atoms with Crippen LogP contribution in [0.25, 0.3) is 0 Å². The van der Waals surface area contributed by atoms with Gasteiger partial charge in [0.15, 0.2) is 0 Å². The Morgan fingerprint density at radius 1 is 1.40 bits per heavy atom. The fourth-order valence-corrected chi connectivity index (χ4v) is 2.71. The van der Waals surface area contributed by atoms with E-state index in [0.717, 1.165) is 19.1 Å². The minimum atomic E-state index is 0.108. The van der Waals surface area contributed by atoms with Crippen LogP contribution in [0.4, 0.5) is 0 Å². The lowest BCUT2D eigenvalue weighted by atomic mass is 9.85. The van der Waals surface area contributed by atoms with Gasteiger partial charge in [-0.25, -0.2) is 0 Å². The molecule has 2 heteroatoms. The number of rotatable bonds is 5. The van der Waals surface area contributed by atoms with Crippen molar-refractivity contribution < 1.29 is 4.74 Å². The Hall–Kier alpha value is -0.0800. The summed E-state index contributed by atoms with van der Waals surface area (Å²) in [5.41, 5.74) is 0.108. The lowest BCUT2D eigenvalue weighted by Crippen LogP contribution is -2.52. The highest BCUT2D eigenvalue weighted by Crippen LogP contribution is 2.38. The predicted octanol–water partition coefficient (Wildman–Crippen LogP) is 2.72. The molecule has 1 aliphatic carbocycles. The highest BCUT2D eigenvalue weighted by molar-refractivity contribution is 4.94. The average Bonchev–Trinajstić information content (AvgIpc) is 3.02. The van der Waals surface area contributed by atoms with Crippen molar-refractivity contribution in [2.24, 2.45) is 5.92 Å². The summed E-state index contributed by atoms with van der Waals surface area (Å²) >= 11 is 0. The molecule has 2 fully saturated rings. The van der Waals surface area contributed by atoms with Gasteiger partial charge in [0.1, 0.15) is 0 Å². The number of hydrogen-bond donors (Lipinski definition) is 1. The third-order valence-electron chi connectivity index (χ3n) is 3.95. The van der Waals surface area contributed by atoms with Gasteiger partial charge in [-0.3, -0.25) is 0 Å². The molecule has 1 N–H and O–H groups in total. The Labute approximate surface area is 93.8 Å². The fraction of sp³-hybridized carbons (Fsp3) is 1.00. The van der Waals surface area contributed by atoms with Crippen LogP contribution in [-0.2, 0) is 4.74 Å². The molecule has 88 valence electrons. The molecule has 0 aromatic rings. The first-order chi connectivity index (χ1) is 7.24. The molecule has 1 saturated heterocycles. The van der Waals surface area contributed by atoms with Crippen LogP contribution in [0.15, 0.2) is 0 Å². The van der Waals surface area contributed by atoms with Gasteiger partial charge in [0.05, 0.1) is 5.60 Å². The van der Waals surface area contributed by atoms with Crippen LogP contribution in [0.5, 0.6) is 0 Å².